The second-order valence-corrected chi connectivity index (χ2v) is 8.49. The van der Waals surface area contributed by atoms with Crippen LogP contribution in [0.15, 0.2) is 35.7 Å². The number of fused-ring (bicyclic) bond motifs is 1. The molecule has 1 amide bonds. The first-order valence-corrected chi connectivity index (χ1v) is 11.4. The molecule has 0 bridgehead atoms. The van der Waals surface area contributed by atoms with Gasteiger partial charge >= 0.3 is 0 Å². The number of carbonyl (C=O) groups is 1. The predicted octanol–water partition coefficient (Wildman–Crippen LogP) is 3.99. The minimum Gasteiger partial charge on any atom is -0.497 e. The van der Waals surface area contributed by atoms with Gasteiger partial charge in [-0.2, -0.15) is 0 Å². The average Bonchev–Trinajstić information content (AvgIpc) is 3.28. The summed E-state index contributed by atoms with van der Waals surface area (Å²) in [4.78, 5) is 19.7. The van der Waals surface area contributed by atoms with E-state index in [1.807, 2.05) is 5.38 Å². The van der Waals surface area contributed by atoms with Crippen molar-refractivity contribution in [3.63, 3.8) is 0 Å². The molecule has 0 saturated heterocycles. The number of methoxy groups -OCH3 is 4. The predicted molar refractivity (Wildman–Crippen MR) is 127 cm³/mol. The standard InChI is InChI=1S/C24H27N3O5S/c1-29-19-7-16(8-20(11-19)30-2)23(28)26-24-25-18(14-33-24)13-27-6-5-15-9-21(31-3)22(32-4)10-17(15)12-27/h7-11,14H,5-6,12-13H2,1-4H3,(H,25,26,28). The summed E-state index contributed by atoms with van der Waals surface area (Å²) in [5.74, 6) is 2.35. The topological polar surface area (TPSA) is 82.2 Å². The van der Waals surface area contributed by atoms with Crippen LogP contribution < -0.4 is 24.3 Å². The first-order valence-electron chi connectivity index (χ1n) is 10.5. The molecule has 1 aliphatic heterocycles. The van der Waals surface area contributed by atoms with Gasteiger partial charge in [0.05, 0.1) is 34.1 Å². The highest BCUT2D eigenvalue weighted by Crippen LogP contribution is 2.33. The van der Waals surface area contributed by atoms with Crippen molar-refractivity contribution in [2.24, 2.45) is 0 Å². The Morgan fingerprint density at radius 3 is 2.27 bits per heavy atom. The van der Waals surface area contributed by atoms with E-state index in [1.54, 1.807) is 46.6 Å². The third kappa shape index (κ3) is 5.20. The van der Waals surface area contributed by atoms with Gasteiger partial charge in [0.1, 0.15) is 11.5 Å². The molecule has 2 heterocycles. The van der Waals surface area contributed by atoms with Crippen LogP contribution in [0.4, 0.5) is 5.13 Å². The van der Waals surface area contributed by atoms with Crippen LogP contribution in [0.5, 0.6) is 23.0 Å². The Kier molecular flexibility index (Phi) is 7.00. The Bertz CT molecular complexity index is 1120. The number of benzene rings is 2. The molecule has 0 aliphatic carbocycles. The molecule has 0 atom stereocenters. The lowest BCUT2D eigenvalue weighted by atomic mass is 9.98. The normalized spacial score (nSPS) is 13.2. The van der Waals surface area contributed by atoms with Crippen molar-refractivity contribution in [3.8, 4) is 23.0 Å². The summed E-state index contributed by atoms with van der Waals surface area (Å²) in [6.45, 7) is 2.43. The lowest BCUT2D eigenvalue weighted by Crippen LogP contribution is -2.30. The Balaban J connectivity index is 1.41. The fourth-order valence-electron chi connectivity index (χ4n) is 3.85. The smallest absolute Gasteiger partial charge is 0.257 e. The number of nitrogens with zero attached hydrogens (tertiary/aromatic N) is 2. The number of aromatic nitrogens is 1. The largest absolute Gasteiger partial charge is 0.497 e. The Labute approximate surface area is 197 Å². The van der Waals surface area contributed by atoms with Crippen LogP contribution in [0.25, 0.3) is 0 Å². The van der Waals surface area contributed by atoms with Crippen LogP contribution in [0.2, 0.25) is 0 Å². The second-order valence-electron chi connectivity index (χ2n) is 7.64. The summed E-state index contributed by atoms with van der Waals surface area (Å²) in [6, 6.07) is 9.17. The second kappa shape index (κ2) is 10.1. The van der Waals surface area contributed by atoms with E-state index in [9.17, 15) is 4.79 Å². The van der Waals surface area contributed by atoms with Crippen molar-refractivity contribution in [1.29, 1.82) is 0 Å². The van der Waals surface area contributed by atoms with Gasteiger partial charge in [0, 0.05) is 36.6 Å². The third-order valence-electron chi connectivity index (χ3n) is 5.57. The minimum atomic E-state index is -0.263. The summed E-state index contributed by atoms with van der Waals surface area (Å²) in [6.07, 6.45) is 0.932. The van der Waals surface area contributed by atoms with E-state index < -0.39 is 0 Å². The highest BCUT2D eigenvalue weighted by molar-refractivity contribution is 7.14. The zero-order chi connectivity index (χ0) is 23.4. The molecule has 0 radical (unpaired) electrons. The van der Waals surface area contributed by atoms with Gasteiger partial charge < -0.3 is 18.9 Å². The van der Waals surface area contributed by atoms with Gasteiger partial charge in [-0.3, -0.25) is 15.0 Å². The molecule has 1 N–H and O–H groups in total. The van der Waals surface area contributed by atoms with Gasteiger partial charge in [-0.1, -0.05) is 0 Å². The summed E-state index contributed by atoms with van der Waals surface area (Å²) >= 11 is 1.41. The molecule has 3 aromatic rings. The maximum absolute atomic E-state index is 12.7. The van der Waals surface area contributed by atoms with E-state index in [1.165, 1.54) is 22.5 Å². The first-order chi connectivity index (χ1) is 16.0. The van der Waals surface area contributed by atoms with Crippen molar-refractivity contribution in [1.82, 2.24) is 9.88 Å². The van der Waals surface area contributed by atoms with Gasteiger partial charge in [-0.25, -0.2) is 4.98 Å². The third-order valence-corrected chi connectivity index (χ3v) is 6.38. The lowest BCUT2D eigenvalue weighted by Gasteiger charge is -2.29. The van der Waals surface area contributed by atoms with Crippen molar-refractivity contribution in [2.45, 2.75) is 19.5 Å². The fourth-order valence-corrected chi connectivity index (χ4v) is 4.55. The molecule has 1 aliphatic rings. The van der Waals surface area contributed by atoms with Gasteiger partial charge in [0.15, 0.2) is 16.6 Å². The van der Waals surface area contributed by atoms with Crippen molar-refractivity contribution in [3.05, 3.63) is 58.1 Å². The molecule has 4 rings (SSSR count). The molecule has 0 saturated carbocycles. The molecular formula is C24H27N3O5S. The van der Waals surface area contributed by atoms with E-state index >= 15 is 0 Å². The van der Waals surface area contributed by atoms with Crippen molar-refractivity contribution >= 4 is 22.4 Å². The summed E-state index contributed by atoms with van der Waals surface area (Å²) in [5, 5.41) is 5.40. The average molecular weight is 470 g/mol. The summed E-state index contributed by atoms with van der Waals surface area (Å²) in [7, 11) is 6.41. The van der Waals surface area contributed by atoms with Crippen LogP contribution in [-0.2, 0) is 19.5 Å². The minimum absolute atomic E-state index is 0.263. The van der Waals surface area contributed by atoms with Gasteiger partial charge in [0.2, 0.25) is 0 Å². The quantitative estimate of drug-likeness (QED) is 0.534. The van der Waals surface area contributed by atoms with Gasteiger partial charge in [0.25, 0.3) is 5.91 Å². The maximum Gasteiger partial charge on any atom is 0.257 e. The molecule has 33 heavy (non-hydrogen) atoms. The molecule has 0 fully saturated rings. The SMILES string of the molecule is COc1cc(OC)cc(C(=O)Nc2nc(CN3CCc4cc(OC)c(OC)cc4C3)cs2)c1. The zero-order valence-electron chi connectivity index (χ0n) is 19.1. The molecular weight excluding hydrogens is 442 g/mol. The van der Waals surface area contributed by atoms with E-state index in [-0.39, 0.29) is 5.91 Å². The van der Waals surface area contributed by atoms with Crippen LogP contribution >= 0.6 is 11.3 Å². The fraction of sp³-hybridized carbons (Fsp3) is 0.333. The first kappa shape index (κ1) is 22.9. The number of carbonyl (C=O) groups excluding carboxylic acids is 1. The van der Waals surface area contributed by atoms with Crippen molar-refractivity contribution in [2.75, 3.05) is 40.3 Å². The van der Waals surface area contributed by atoms with Crippen LogP contribution in [0.1, 0.15) is 27.2 Å². The van der Waals surface area contributed by atoms with Gasteiger partial charge in [-0.15, -0.1) is 11.3 Å². The summed E-state index contributed by atoms with van der Waals surface area (Å²) in [5.41, 5.74) is 3.88. The molecule has 2 aromatic carbocycles. The number of anilines is 1. The number of nitrogens with one attached hydrogen (secondary N) is 1. The molecule has 0 spiro atoms. The monoisotopic (exact) mass is 469 g/mol. The van der Waals surface area contributed by atoms with Crippen molar-refractivity contribution < 1.29 is 23.7 Å². The van der Waals surface area contributed by atoms with E-state index in [0.717, 1.165) is 36.7 Å². The van der Waals surface area contributed by atoms with Crippen LogP contribution in [0, 0.1) is 0 Å². The van der Waals surface area contributed by atoms with E-state index in [2.05, 4.69) is 27.3 Å². The Morgan fingerprint density at radius 2 is 1.64 bits per heavy atom. The highest BCUT2D eigenvalue weighted by atomic mass is 32.1. The van der Waals surface area contributed by atoms with Crippen LogP contribution in [-0.4, -0.2) is 50.8 Å². The molecule has 0 unspecified atom stereocenters. The number of thiazole rings is 1. The maximum atomic E-state index is 12.7. The Morgan fingerprint density at radius 1 is 0.970 bits per heavy atom. The lowest BCUT2D eigenvalue weighted by molar-refractivity contribution is 0.102. The zero-order valence-corrected chi connectivity index (χ0v) is 20.0. The summed E-state index contributed by atoms with van der Waals surface area (Å²) < 4.78 is 21.4. The van der Waals surface area contributed by atoms with E-state index in [4.69, 9.17) is 18.9 Å². The molecule has 9 heteroatoms. The number of rotatable bonds is 8. The van der Waals surface area contributed by atoms with Crippen LogP contribution in [0.3, 0.4) is 0 Å². The molecule has 8 nitrogen and oxygen atoms in total. The Hall–Kier alpha value is -3.30. The highest BCUT2D eigenvalue weighted by Gasteiger charge is 2.20. The number of amides is 1. The molecule has 174 valence electrons. The number of hydrogen-bond donors (Lipinski definition) is 1. The number of hydrogen-bond acceptors (Lipinski definition) is 8. The molecule has 1 aromatic heterocycles. The van der Waals surface area contributed by atoms with Gasteiger partial charge in [-0.05, 0) is 41.8 Å². The number of ether oxygens (including phenoxy) is 4. The van der Waals surface area contributed by atoms with E-state index in [0.29, 0.717) is 28.7 Å².